The number of pyridine rings is 2. The third kappa shape index (κ3) is 4.26. The molecule has 3 atom stereocenters. The van der Waals surface area contributed by atoms with E-state index in [9.17, 15) is 4.79 Å². The molecule has 1 aliphatic carbocycles. The summed E-state index contributed by atoms with van der Waals surface area (Å²) in [4.78, 5) is 25.7. The van der Waals surface area contributed by atoms with E-state index in [1.165, 1.54) is 5.56 Å². The first-order valence-electron chi connectivity index (χ1n) is 10.2. The van der Waals surface area contributed by atoms with E-state index in [1.807, 2.05) is 43.5 Å². The molecule has 3 heterocycles. The average molecular weight is 380 g/mol. The molecule has 148 valence electrons. The highest BCUT2D eigenvalue weighted by Crippen LogP contribution is 2.48. The Kier molecular flexibility index (Phi) is 5.46. The van der Waals surface area contributed by atoms with Crippen molar-refractivity contribution in [3.05, 3.63) is 48.4 Å². The average Bonchev–Trinajstić information content (AvgIpc) is 3.53. The Labute approximate surface area is 167 Å². The molecular weight excluding hydrogens is 350 g/mol. The second-order valence-corrected chi connectivity index (χ2v) is 8.13. The number of anilines is 2. The monoisotopic (exact) mass is 379 g/mol. The van der Waals surface area contributed by atoms with Crippen LogP contribution in [-0.2, 0) is 4.79 Å². The number of amides is 1. The molecule has 6 nitrogen and oxygen atoms in total. The van der Waals surface area contributed by atoms with Gasteiger partial charge in [-0.25, -0.2) is 4.98 Å². The molecule has 0 aromatic carbocycles. The molecule has 6 heteroatoms. The van der Waals surface area contributed by atoms with Crippen LogP contribution in [0.5, 0.6) is 0 Å². The summed E-state index contributed by atoms with van der Waals surface area (Å²) in [6.45, 7) is 1.70. The number of carbonyl (C=O) groups is 1. The number of likely N-dealkylation sites (tertiary alicyclic amines) is 1. The SMILES string of the molecule is CN(C)c1ccc(N[C@@H]2CCCN(C(=O)[C@H]3C[C@H]3c3cccnc3)CC2)cn1. The Morgan fingerprint density at radius 2 is 2.07 bits per heavy atom. The van der Waals surface area contributed by atoms with Crippen LogP contribution in [0.3, 0.4) is 0 Å². The summed E-state index contributed by atoms with van der Waals surface area (Å²) < 4.78 is 0. The number of nitrogens with one attached hydrogen (secondary N) is 1. The summed E-state index contributed by atoms with van der Waals surface area (Å²) in [7, 11) is 3.98. The lowest BCUT2D eigenvalue weighted by Crippen LogP contribution is -2.34. The van der Waals surface area contributed by atoms with Gasteiger partial charge in [-0.15, -0.1) is 0 Å². The van der Waals surface area contributed by atoms with E-state index in [2.05, 4.69) is 32.3 Å². The molecule has 0 unspecified atom stereocenters. The van der Waals surface area contributed by atoms with Crippen molar-refractivity contribution in [3.8, 4) is 0 Å². The standard InChI is InChI=1S/C22H29N5O/c1-26(2)21-8-7-18(15-24-21)25-17-6-4-11-27(12-9-17)22(28)20-13-19(20)16-5-3-10-23-14-16/h3,5,7-8,10,14-15,17,19-20,25H,4,6,9,11-13H2,1-2H3/t17-,19+,20+/m1/s1. The van der Waals surface area contributed by atoms with E-state index in [0.717, 1.165) is 50.3 Å². The Balaban J connectivity index is 1.30. The third-order valence-electron chi connectivity index (χ3n) is 5.84. The Bertz CT molecular complexity index is 792. The van der Waals surface area contributed by atoms with E-state index >= 15 is 0 Å². The molecule has 28 heavy (non-hydrogen) atoms. The van der Waals surface area contributed by atoms with Gasteiger partial charge in [0.05, 0.1) is 11.9 Å². The van der Waals surface area contributed by atoms with Gasteiger partial charge < -0.3 is 15.1 Å². The Morgan fingerprint density at radius 3 is 2.79 bits per heavy atom. The molecule has 1 N–H and O–H groups in total. The molecule has 1 aliphatic heterocycles. The van der Waals surface area contributed by atoms with Gasteiger partial charge in [0.25, 0.3) is 0 Å². The van der Waals surface area contributed by atoms with Crippen molar-refractivity contribution in [1.82, 2.24) is 14.9 Å². The molecule has 0 spiro atoms. The lowest BCUT2D eigenvalue weighted by Gasteiger charge is -2.21. The molecule has 4 rings (SSSR count). The van der Waals surface area contributed by atoms with Crippen LogP contribution in [0.25, 0.3) is 0 Å². The molecule has 1 saturated heterocycles. The van der Waals surface area contributed by atoms with E-state index in [0.29, 0.717) is 17.9 Å². The first-order valence-corrected chi connectivity index (χ1v) is 10.2. The van der Waals surface area contributed by atoms with Crippen LogP contribution < -0.4 is 10.2 Å². The zero-order valence-corrected chi connectivity index (χ0v) is 16.7. The van der Waals surface area contributed by atoms with Crippen molar-refractivity contribution >= 4 is 17.4 Å². The quantitative estimate of drug-likeness (QED) is 0.865. The minimum absolute atomic E-state index is 0.150. The van der Waals surface area contributed by atoms with Gasteiger partial charge in [0.2, 0.25) is 5.91 Å². The van der Waals surface area contributed by atoms with Gasteiger partial charge in [-0.1, -0.05) is 6.07 Å². The molecule has 1 amide bonds. The number of carbonyl (C=O) groups excluding carboxylic acids is 1. The van der Waals surface area contributed by atoms with Gasteiger partial charge in [-0.3, -0.25) is 9.78 Å². The fraction of sp³-hybridized carbons (Fsp3) is 0.500. The topological polar surface area (TPSA) is 61.4 Å². The van der Waals surface area contributed by atoms with E-state index < -0.39 is 0 Å². The van der Waals surface area contributed by atoms with Crippen molar-refractivity contribution < 1.29 is 4.79 Å². The van der Waals surface area contributed by atoms with Gasteiger partial charge in [-0.05, 0) is 55.4 Å². The molecular formula is C22H29N5O. The summed E-state index contributed by atoms with van der Waals surface area (Å²) in [6.07, 6.45) is 9.64. The number of aromatic nitrogens is 2. The highest BCUT2D eigenvalue weighted by atomic mass is 16.2. The largest absolute Gasteiger partial charge is 0.381 e. The summed E-state index contributed by atoms with van der Waals surface area (Å²) in [5.74, 6) is 1.79. The van der Waals surface area contributed by atoms with Gasteiger partial charge in [0, 0.05) is 51.5 Å². The maximum Gasteiger partial charge on any atom is 0.226 e. The zero-order chi connectivity index (χ0) is 19.5. The van der Waals surface area contributed by atoms with Gasteiger partial charge >= 0.3 is 0 Å². The lowest BCUT2D eigenvalue weighted by molar-refractivity contribution is -0.132. The second kappa shape index (κ2) is 8.17. The summed E-state index contributed by atoms with van der Waals surface area (Å²) in [5.41, 5.74) is 2.25. The van der Waals surface area contributed by atoms with Crippen molar-refractivity contribution in [2.75, 3.05) is 37.4 Å². The van der Waals surface area contributed by atoms with Crippen molar-refractivity contribution in [3.63, 3.8) is 0 Å². The normalized spacial score (nSPS) is 24.4. The van der Waals surface area contributed by atoms with Crippen LogP contribution in [0.4, 0.5) is 11.5 Å². The van der Waals surface area contributed by atoms with Crippen LogP contribution in [0.1, 0.15) is 37.2 Å². The minimum atomic E-state index is 0.150. The smallest absolute Gasteiger partial charge is 0.226 e. The van der Waals surface area contributed by atoms with Crippen molar-refractivity contribution in [1.29, 1.82) is 0 Å². The molecule has 2 aromatic heterocycles. The number of nitrogens with zero attached hydrogens (tertiary/aromatic N) is 4. The Morgan fingerprint density at radius 1 is 1.18 bits per heavy atom. The first-order chi connectivity index (χ1) is 13.6. The summed E-state index contributed by atoms with van der Waals surface area (Å²) >= 11 is 0. The van der Waals surface area contributed by atoms with Crippen LogP contribution in [-0.4, -0.2) is 54.0 Å². The maximum absolute atomic E-state index is 12.9. The molecule has 2 aromatic rings. The predicted octanol–water partition coefficient (Wildman–Crippen LogP) is 3.14. The summed E-state index contributed by atoms with van der Waals surface area (Å²) in [6, 6.07) is 8.54. The fourth-order valence-corrected chi connectivity index (χ4v) is 4.10. The van der Waals surface area contributed by atoms with E-state index in [-0.39, 0.29) is 5.92 Å². The summed E-state index contributed by atoms with van der Waals surface area (Å²) in [5, 5.41) is 3.60. The highest BCUT2D eigenvalue weighted by molar-refractivity contribution is 5.83. The van der Waals surface area contributed by atoms with Crippen LogP contribution in [0.15, 0.2) is 42.9 Å². The molecule has 1 saturated carbocycles. The molecule has 0 bridgehead atoms. The van der Waals surface area contributed by atoms with Gasteiger partial charge in [-0.2, -0.15) is 0 Å². The highest BCUT2D eigenvalue weighted by Gasteiger charge is 2.45. The van der Waals surface area contributed by atoms with Crippen LogP contribution in [0.2, 0.25) is 0 Å². The first kappa shape index (κ1) is 18.7. The van der Waals surface area contributed by atoms with Gasteiger partial charge in [0.1, 0.15) is 5.82 Å². The molecule has 2 aliphatic rings. The maximum atomic E-state index is 12.9. The zero-order valence-electron chi connectivity index (χ0n) is 16.7. The second-order valence-electron chi connectivity index (χ2n) is 8.13. The van der Waals surface area contributed by atoms with E-state index in [4.69, 9.17) is 0 Å². The van der Waals surface area contributed by atoms with Crippen LogP contribution >= 0.6 is 0 Å². The Hall–Kier alpha value is -2.63. The van der Waals surface area contributed by atoms with Crippen molar-refractivity contribution in [2.24, 2.45) is 5.92 Å². The number of hydrogen-bond acceptors (Lipinski definition) is 5. The van der Waals surface area contributed by atoms with E-state index in [1.54, 1.807) is 6.20 Å². The predicted molar refractivity (Wildman–Crippen MR) is 111 cm³/mol. The fourth-order valence-electron chi connectivity index (χ4n) is 4.10. The minimum Gasteiger partial charge on any atom is -0.381 e. The lowest BCUT2D eigenvalue weighted by atomic mass is 10.1. The molecule has 0 radical (unpaired) electrons. The number of hydrogen-bond donors (Lipinski definition) is 1. The molecule has 2 fully saturated rings. The van der Waals surface area contributed by atoms with Crippen LogP contribution in [0, 0.1) is 5.92 Å². The van der Waals surface area contributed by atoms with Gasteiger partial charge in [0.15, 0.2) is 0 Å². The third-order valence-corrected chi connectivity index (χ3v) is 5.84. The number of rotatable bonds is 5. The van der Waals surface area contributed by atoms with Crippen molar-refractivity contribution in [2.45, 2.75) is 37.6 Å².